The Morgan fingerprint density at radius 1 is 1.32 bits per heavy atom. The fourth-order valence-electron chi connectivity index (χ4n) is 4.43. The van der Waals surface area contributed by atoms with Crippen LogP contribution in [-0.2, 0) is 19.2 Å². The zero-order chi connectivity index (χ0) is 26.4. The number of thiazole rings is 1. The van der Waals surface area contributed by atoms with Gasteiger partial charge in [-0.2, -0.15) is 13.2 Å². The first-order valence-electron chi connectivity index (χ1n) is 10.5. The Balaban J connectivity index is 0.00000380. The van der Waals surface area contributed by atoms with Crippen molar-refractivity contribution >= 4 is 75.4 Å². The summed E-state index contributed by atoms with van der Waals surface area (Å²) in [5, 5.41) is 25.8. The number of aromatic nitrogens is 1. The number of carboxylic acids is 1. The number of fused-ring (bicyclic) bond motifs is 1. The maximum atomic E-state index is 12.8. The van der Waals surface area contributed by atoms with Crippen LogP contribution in [0.4, 0.5) is 18.3 Å². The first-order chi connectivity index (χ1) is 16.9. The number of likely N-dealkylation sites (tertiary alicyclic amines) is 1. The molecule has 2 fully saturated rings. The number of hydrogen-bond donors (Lipinski definition) is 4. The Morgan fingerprint density at radius 3 is 2.59 bits per heavy atom. The molecule has 12 nitrogen and oxygen atoms in total. The number of β-lactam (4-membered cyclic amide) rings is 1. The van der Waals surface area contributed by atoms with Crippen LogP contribution in [0.3, 0.4) is 0 Å². The van der Waals surface area contributed by atoms with E-state index in [1.165, 1.54) is 11.5 Å². The molecule has 0 bridgehead atoms. The number of aliphatic carboxylic acids is 1. The second kappa shape index (κ2) is 10.8. The predicted molar refractivity (Wildman–Crippen MR) is 124 cm³/mol. The molecule has 194 valence electrons. The van der Waals surface area contributed by atoms with Crippen molar-refractivity contribution in [1.29, 1.82) is 0 Å². The number of anilines is 1. The van der Waals surface area contributed by atoms with Crippen molar-refractivity contribution in [3.05, 3.63) is 34.0 Å². The third kappa shape index (κ3) is 5.66. The van der Waals surface area contributed by atoms with Crippen LogP contribution >= 0.6 is 11.3 Å². The summed E-state index contributed by atoms with van der Waals surface area (Å²) in [7, 11) is 0. The number of carbonyl (C=O) groups is 4. The van der Waals surface area contributed by atoms with Crippen molar-refractivity contribution in [2.75, 3.05) is 18.8 Å². The summed E-state index contributed by atoms with van der Waals surface area (Å²) in [5.41, 5.74) is 4.78. The molecule has 1 aromatic rings. The van der Waals surface area contributed by atoms with E-state index >= 15 is 0 Å². The number of oxime groups is 1. The van der Waals surface area contributed by atoms with Gasteiger partial charge >= 0.3 is 41.7 Å². The molecule has 4 rings (SSSR count). The first-order valence-corrected chi connectivity index (χ1v) is 11.4. The van der Waals surface area contributed by atoms with E-state index in [1.807, 2.05) is 0 Å². The Kier molecular flexibility index (Phi) is 8.36. The van der Waals surface area contributed by atoms with Crippen LogP contribution < -0.4 is 11.1 Å². The summed E-state index contributed by atoms with van der Waals surface area (Å²) >= 11 is 1.00. The topological polar surface area (TPSA) is 179 Å². The number of amides is 3. The number of carboxylic acid groups (broad SMARTS) is 1. The molecule has 1 aromatic heterocycles. The summed E-state index contributed by atoms with van der Waals surface area (Å²) < 4.78 is 38.0. The summed E-state index contributed by atoms with van der Waals surface area (Å²) in [6, 6.07) is -1.83. The zero-order valence-corrected chi connectivity index (χ0v) is 19.1. The molecular weight excluding hydrogens is 532 g/mol. The normalized spacial score (nSPS) is 23.1. The van der Waals surface area contributed by atoms with Crippen LogP contribution in [-0.4, -0.2) is 115 Å². The molecule has 17 heteroatoms. The summed E-state index contributed by atoms with van der Waals surface area (Å²) in [6.07, 6.45) is -3.01. The van der Waals surface area contributed by atoms with E-state index in [-0.39, 0.29) is 77.3 Å². The molecule has 0 unspecified atom stereocenters. The molecule has 0 radical (unpaired) electrons. The van der Waals surface area contributed by atoms with Gasteiger partial charge < -0.3 is 26.3 Å². The van der Waals surface area contributed by atoms with Gasteiger partial charge in [0.05, 0.1) is 6.04 Å². The third-order valence-electron chi connectivity index (χ3n) is 5.97. The average molecular weight is 552 g/mol. The number of nitrogen functional groups attached to an aromatic ring is 1. The van der Waals surface area contributed by atoms with Crippen LogP contribution in [0.2, 0.25) is 0 Å². The van der Waals surface area contributed by atoms with Crippen molar-refractivity contribution in [3.8, 4) is 0 Å². The summed E-state index contributed by atoms with van der Waals surface area (Å²) in [6.45, 7) is -1.56. The standard InChI is InChI=1S/C20H19F3N6O6S.Na.H/c21-20(22,23)7-28-4-3-9(16(28)31)5-8-1-2-11-13(17(32)29(11)14(8)18(33)34)26-15(30)12(27-35)10-6-36-19(24)25-10;;/h5-6,11,13,35H,1-4,7H2,(H2,24,25)(H,26,30)(H,33,34);;/b9-5+,27-12-;;/t11-,13+;;/m1../s1. The van der Waals surface area contributed by atoms with Crippen LogP contribution in [0.1, 0.15) is 25.0 Å². The molecule has 3 aliphatic rings. The maximum absolute atomic E-state index is 12.8. The molecule has 0 aliphatic carbocycles. The number of hydrogen-bond acceptors (Lipinski definition) is 9. The van der Waals surface area contributed by atoms with E-state index in [0.29, 0.717) is 4.90 Å². The fourth-order valence-corrected chi connectivity index (χ4v) is 4.98. The minimum atomic E-state index is -4.56. The Hall–Kier alpha value is -2.95. The molecule has 0 saturated carbocycles. The molecule has 2 saturated heterocycles. The van der Waals surface area contributed by atoms with Gasteiger partial charge in [0.1, 0.15) is 24.0 Å². The molecule has 4 heterocycles. The van der Waals surface area contributed by atoms with E-state index in [1.54, 1.807) is 0 Å². The van der Waals surface area contributed by atoms with Gasteiger partial charge in [-0.05, 0) is 30.9 Å². The number of nitrogens with two attached hydrogens (primary N) is 1. The molecule has 3 aliphatic heterocycles. The van der Waals surface area contributed by atoms with Crippen LogP contribution in [0.25, 0.3) is 0 Å². The number of nitrogens with zero attached hydrogens (tertiary/aromatic N) is 4. The van der Waals surface area contributed by atoms with Crippen molar-refractivity contribution in [3.63, 3.8) is 0 Å². The van der Waals surface area contributed by atoms with Gasteiger partial charge in [0, 0.05) is 17.5 Å². The number of nitrogens with one attached hydrogen (secondary N) is 1. The van der Waals surface area contributed by atoms with Gasteiger partial charge in [-0.1, -0.05) is 5.16 Å². The average Bonchev–Trinajstić information content (AvgIpc) is 3.37. The van der Waals surface area contributed by atoms with Gasteiger partial charge in [0.2, 0.25) is 5.91 Å². The van der Waals surface area contributed by atoms with Gasteiger partial charge in [-0.25, -0.2) is 9.78 Å². The van der Waals surface area contributed by atoms with Gasteiger partial charge in [0.15, 0.2) is 10.8 Å². The van der Waals surface area contributed by atoms with Crippen LogP contribution in [0.15, 0.2) is 33.5 Å². The molecule has 3 amide bonds. The number of halogens is 3. The predicted octanol–water partition coefficient (Wildman–Crippen LogP) is -0.196. The SMILES string of the molecule is Nc1nc(/C(=N/O)C(=O)N[C@@H]2C(=O)N3C(C(=O)O)=C(/C=C4\CCN(CC(F)(F)F)C4=O)CC[C@H]23)cs1.[NaH]. The first kappa shape index (κ1) is 28.6. The van der Waals surface area contributed by atoms with Crippen molar-refractivity contribution < 1.29 is 42.7 Å². The second-order valence-corrected chi connectivity index (χ2v) is 9.12. The van der Waals surface area contributed by atoms with Crippen molar-refractivity contribution in [2.24, 2.45) is 5.16 Å². The van der Waals surface area contributed by atoms with E-state index in [2.05, 4.69) is 15.5 Å². The molecule has 5 N–H and O–H groups in total. The monoisotopic (exact) mass is 552 g/mol. The molecule has 2 atom stereocenters. The zero-order valence-electron chi connectivity index (χ0n) is 18.3. The van der Waals surface area contributed by atoms with Gasteiger partial charge in [-0.15, -0.1) is 11.3 Å². The second-order valence-electron chi connectivity index (χ2n) is 8.23. The van der Waals surface area contributed by atoms with Crippen molar-refractivity contribution in [1.82, 2.24) is 20.1 Å². The fraction of sp³-hybridized carbons (Fsp3) is 0.400. The van der Waals surface area contributed by atoms with Gasteiger partial charge in [0.25, 0.3) is 11.8 Å². The number of carbonyl (C=O) groups excluding carboxylic acids is 3. The number of allylic oxidation sites excluding steroid dienone is 2. The number of alkyl halides is 3. The third-order valence-corrected chi connectivity index (χ3v) is 6.65. The van der Waals surface area contributed by atoms with Crippen molar-refractivity contribution in [2.45, 2.75) is 37.5 Å². The molecule has 0 spiro atoms. The molecule has 0 aromatic carbocycles. The van der Waals surface area contributed by atoms with E-state index in [4.69, 9.17) is 5.73 Å². The molecule has 37 heavy (non-hydrogen) atoms. The number of rotatable bonds is 6. The Morgan fingerprint density at radius 2 is 2.03 bits per heavy atom. The van der Waals surface area contributed by atoms with Crippen LogP contribution in [0, 0.1) is 0 Å². The van der Waals surface area contributed by atoms with Crippen LogP contribution in [0.5, 0.6) is 0 Å². The van der Waals surface area contributed by atoms with Gasteiger partial charge in [-0.3, -0.25) is 19.3 Å². The minimum absolute atomic E-state index is 0. The van der Waals surface area contributed by atoms with E-state index in [0.717, 1.165) is 16.2 Å². The Bertz CT molecular complexity index is 1250. The Labute approximate surface area is 233 Å². The van der Waals surface area contributed by atoms with E-state index < -0.39 is 59.9 Å². The molecular formula is C20H20F3N6NaO6S. The summed E-state index contributed by atoms with van der Waals surface area (Å²) in [4.78, 5) is 55.2. The van der Waals surface area contributed by atoms with E-state index in [9.17, 15) is 42.7 Å². The quantitative estimate of drug-likeness (QED) is 0.0936. The summed E-state index contributed by atoms with van der Waals surface area (Å²) in [5.74, 6) is -3.97.